The van der Waals surface area contributed by atoms with Crippen LogP contribution < -0.4 is 4.74 Å². The van der Waals surface area contributed by atoms with Crippen LogP contribution >= 0.6 is 0 Å². The molecule has 0 aliphatic carbocycles. The molecule has 1 aromatic rings. The summed E-state index contributed by atoms with van der Waals surface area (Å²) in [6.07, 6.45) is -11.1. The van der Waals surface area contributed by atoms with Crippen molar-refractivity contribution in [3.05, 3.63) is 42.0 Å². The molecule has 116 valence electrons. The third kappa shape index (κ3) is 4.24. The maximum absolute atomic E-state index is 12.7. The van der Waals surface area contributed by atoms with Crippen molar-refractivity contribution < 1.29 is 35.9 Å². The molecule has 0 saturated carbocycles. The Balaban J connectivity index is 3.34. The van der Waals surface area contributed by atoms with E-state index in [0.29, 0.717) is 6.07 Å². The second-order valence-corrected chi connectivity index (χ2v) is 4.22. The maximum atomic E-state index is 12.7. The molecule has 0 unspecified atom stereocenters. The van der Waals surface area contributed by atoms with Crippen molar-refractivity contribution in [2.24, 2.45) is 0 Å². The average molecular weight is 312 g/mol. The van der Waals surface area contributed by atoms with Crippen molar-refractivity contribution in [3.8, 4) is 5.75 Å². The lowest BCUT2D eigenvalue weighted by Gasteiger charge is -2.24. The van der Waals surface area contributed by atoms with Gasteiger partial charge in [0.05, 0.1) is 0 Å². The van der Waals surface area contributed by atoms with Crippen LogP contribution in [0.1, 0.15) is 18.4 Å². The van der Waals surface area contributed by atoms with Crippen LogP contribution in [-0.4, -0.2) is 18.3 Å². The lowest BCUT2D eigenvalue weighted by Crippen LogP contribution is -2.34. The summed E-state index contributed by atoms with van der Waals surface area (Å²) in [5.74, 6) is -5.64. The van der Waals surface area contributed by atoms with Gasteiger partial charge in [0, 0.05) is 11.1 Å². The highest BCUT2D eigenvalue weighted by Gasteiger charge is 2.58. The molecule has 0 heterocycles. The van der Waals surface area contributed by atoms with Crippen LogP contribution in [0, 0.1) is 0 Å². The van der Waals surface area contributed by atoms with Crippen molar-refractivity contribution in [1.29, 1.82) is 0 Å². The zero-order chi connectivity index (χ0) is 16.4. The van der Waals surface area contributed by atoms with Crippen molar-refractivity contribution in [2.75, 3.05) is 0 Å². The summed E-state index contributed by atoms with van der Waals surface area (Å²) in [4.78, 5) is 11.3. The highest BCUT2D eigenvalue weighted by molar-refractivity contribution is 5.89. The molecule has 2 nitrogen and oxygen atoms in total. The fourth-order valence-electron chi connectivity index (χ4n) is 1.54. The van der Waals surface area contributed by atoms with Gasteiger partial charge in [-0.05, 0) is 13.0 Å². The Morgan fingerprint density at radius 2 is 1.57 bits per heavy atom. The predicted molar refractivity (Wildman–Crippen MR) is 61.7 cm³/mol. The van der Waals surface area contributed by atoms with E-state index in [1.807, 2.05) is 0 Å². The number of hydrogen-bond donors (Lipinski definition) is 0. The quantitative estimate of drug-likeness (QED) is 0.358. The van der Waals surface area contributed by atoms with Gasteiger partial charge in [0.1, 0.15) is 5.75 Å². The molecular weight excluding hydrogens is 302 g/mol. The Morgan fingerprint density at radius 1 is 1.10 bits per heavy atom. The number of ether oxygens (including phenoxy) is 1. The average Bonchev–Trinajstić information content (AvgIpc) is 2.27. The first kappa shape index (κ1) is 17.1. The predicted octanol–water partition coefficient (Wildman–Crippen LogP) is 4.38. The Labute approximate surface area is 116 Å². The molecule has 0 atom stereocenters. The molecule has 8 heteroatoms. The van der Waals surface area contributed by atoms with Gasteiger partial charge in [-0.1, -0.05) is 24.8 Å². The number of carbonyl (C=O) groups excluding carboxylic acids is 1. The second kappa shape index (κ2) is 5.79. The molecule has 0 radical (unpaired) electrons. The van der Waals surface area contributed by atoms with Crippen LogP contribution in [0.4, 0.5) is 26.3 Å². The molecule has 0 aliphatic rings. The van der Waals surface area contributed by atoms with E-state index in [2.05, 4.69) is 11.3 Å². The van der Waals surface area contributed by atoms with Crippen molar-refractivity contribution in [2.45, 2.75) is 25.2 Å². The SMILES string of the molecule is C=C(C)C(=O)Oc1ccccc1C(C(F)(F)F)C(F)(F)F. The molecule has 0 aliphatic heterocycles. The summed E-state index contributed by atoms with van der Waals surface area (Å²) in [7, 11) is 0. The minimum Gasteiger partial charge on any atom is -0.423 e. The molecule has 0 amide bonds. The summed E-state index contributed by atoms with van der Waals surface area (Å²) in [6.45, 7) is 4.42. The number of rotatable bonds is 3. The Bertz CT molecular complexity index is 530. The van der Waals surface area contributed by atoms with Gasteiger partial charge < -0.3 is 4.74 Å². The summed E-state index contributed by atoms with van der Waals surface area (Å²) in [6, 6.07) is 3.64. The minimum atomic E-state index is -5.57. The van der Waals surface area contributed by atoms with E-state index in [0.717, 1.165) is 18.2 Å². The first-order valence-corrected chi connectivity index (χ1v) is 5.54. The van der Waals surface area contributed by atoms with E-state index in [-0.39, 0.29) is 5.57 Å². The number of para-hydroxylation sites is 1. The molecule has 0 aromatic heterocycles. The van der Waals surface area contributed by atoms with E-state index >= 15 is 0 Å². The number of halogens is 6. The highest BCUT2D eigenvalue weighted by atomic mass is 19.4. The van der Waals surface area contributed by atoms with Gasteiger partial charge in [0.25, 0.3) is 0 Å². The van der Waals surface area contributed by atoms with Gasteiger partial charge in [-0.25, -0.2) is 4.79 Å². The van der Waals surface area contributed by atoms with Crippen LogP contribution in [0.3, 0.4) is 0 Å². The normalized spacial score (nSPS) is 12.4. The number of carbonyl (C=O) groups is 1. The van der Waals surface area contributed by atoms with Crippen LogP contribution in [-0.2, 0) is 4.79 Å². The lowest BCUT2D eigenvalue weighted by atomic mass is 9.97. The van der Waals surface area contributed by atoms with Gasteiger partial charge in [0.15, 0.2) is 5.92 Å². The van der Waals surface area contributed by atoms with Gasteiger partial charge >= 0.3 is 18.3 Å². The third-order valence-electron chi connectivity index (χ3n) is 2.44. The first-order chi connectivity index (χ1) is 9.44. The van der Waals surface area contributed by atoms with E-state index < -0.39 is 35.6 Å². The minimum absolute atomic E-state index is 0.152. The van der Waals surface area contributed by atoms with E-state index in [9.17, 15) is 31.1 Å². The molecule has 0 saturated heterocycles. The molecule has 1 aromatic carbocycles. The van der Waals surface area contributed by atoms with Gasteiger partial charge in [0.2, 0.25) is 0 Å². The molecule has 21 heavy (non-hydrogen) atoms. The molecule has 0 fully saturated rings. The van der Waals surface area contributed by atoms with Gasteiger partial charge in [-0.15, -0.1) is 0 Å². The van der Waals surface area contributed by atoms with Crippen molar-refractivity contribution in [1.82, 2.24) is 0 Å². The molecule has 1 rings (SSSR count). The molecule has 0 bridgehead atoms. The Hall–Kier alpha value is -1.99. The first-order valence-electron chi connectivity index (χ1n) is 5.54. The van der Waals surface area contributed by atoms with E-state index in [4.69, 9.17) is 0 Å². The van der Waals surface area contributed by atoms with Crippen LogP contribution in [0.25, 0.3) is 0 Å². The summed E-state index contributed by atoms with van der Waals surface area (Å²) < 4.78 is 80.7. The smallest absolute Gasteiger partial charge is 0.404 e. The zero-order valence-corrected chi connectivity index (χ0v) is 10.7. The number of alkyl halides is 6. The Morgan fingerprint density at radius 3 is 2.00 bits per heavy atom. The molecule has 0 spiro atoms. The fourth-order valence-corrected chi connectivity index (χ4v) is 1.54. The highest BCUT2D eigenvalue weighted by Crippen LogP contribution is 2.48. The lowest BCUT2D eigenvalue weighted by molar-refractivity contribution is -0.253. The standard InChI is InChI=1S/C13H10F6O2/c1-7(2)11(20)21-9-6-4-3-5-8(9)10(12(14,15)16)13(17,18)19/h3-6,10H,1H2,2H3. The summed E-state index contributed by atoms with van der Waals surface area (Å²) in [5, 5.41) is 0. The topological polar surface area (TPSA) is 26.3 Å². The number of esters is 1. The van der Waals surface area contributed by atoms with Crippen molar-refractivity contribution in [3.63, 3.8) is 0 Å². The van der Waals surface area contributed by atoms with Crippen LogP contribution in [0.15, 0.2) is 36.4 Å². The van der Waals surface area contributed by atoms with Crippen LogP contribution in [0.5, 0.6) is 5.75 Å². The number of hydrogen-bond acceptors (Lipinski definition) is 2. The van der Waals surface area contributed by atoms with E-state index in [1.54, 1.807) is 0 Å². The second-order valence-electron chi connectivity index (χ2n) is 4.22. The summed E-state index contributed by atoms with van der Waals surface area (Å²) >= 11 is 0. The fraction of sp³-hybridized carbons (Fsp3) is 0.308. The number of benzene rings is 1. The van der Waals surface area contributed by atoms with Crippen molar-refractivity contribution >= 4 is 5.97 Å². The largest absolute Gasteiger partial charge is 0.423 e. The maximum Gasteiger partial charge on any atom is 0.404 e. The summed E-state index contributed by atoms with van der Waals surface area (Å²) in [5.41, 5.74) is -1.33. The van der Waals surface area contributed by atoms with Gasteiger partial charge in [-0.2, -0.15) is 26.3 Å². The zero-order valence-electron chi connectivity index (χ0n) is 10.7. The van der Waals surface area contributed by atoms with Gasteiger partial charge in [-0.3, -0.25) is 0 Å². The molecule has 0 N–H and O–H groups in total. The monoisotopic (exact) mass is 312 g/mol. The Kier molecular flexibility index (Phi) is 4.70. The van der Waals surface area contributed by atoms with E-state index in [1.165, 1.54) is 6.92 Å². The third-order valence-corrected chi connectivity index (χ3v) is 2.44. The van der Waals surface area contributed by atoms with Crippen LogP contribution in [0.2, 0.25) is 0 Å². The molecular formula is C13H10F6O2.